The number of aromatic amines is 1. The van der Waals surface area contributed by atoms with E-state index in [1.807, 2.05) is 18.5 Å². The third-order valence-corrected chi connectivity index (χ3v) is 2.63. The van der Waals surface area contributed by atoms with Gasteiger partial charge < -0.3 is 10.7 Å². The van der Waals surface area contributed by atoms with Crippen LogP contribution in [0.2, 0.25) is 0 Å². The van der Waals surface area contributed by atoms with Gasteiger partial charge in [-0.3, -0.25) is 4.98 Å². The molecule has 2 aromatic rings. The topological polar surface area (TPSA) is 67.6 Å². The summed E-state index contributed by atoms with van der Waals surface area (Å²) in [5, 5.41) is 0. The lowest BCUT2D eigenvalue weighted by atomic mass is 9.95. The van der Waals surface area contributed by atoms with Gasteiger partial charge in [0, 0.05) is 30.7 Å². The van der Waals surface area contributed by atoms with Crippen molar-refractivity contribution in [3.63, 3.8) is 0 Å². The Bertz CT molecular complexity index is 396. The number of hydrogen-bond acceptors (Lipinski definition) is 3. The van der Waals surface area contributed by atoms with Crippen molar-refractivity contribution in [2.24, 2.45) is 5.73 Å². The first-order valence-corrected chi connectivity index (χ1v) is 5.51. The molecule has 1 atom stereocenters. The number of rotatable bonds is 5. The molecule has 4 heteroatoms. The zero-order valence-electron chi connectivity index (χ0n) is 9.13. The third kappa shape index (κ3) is 2.46. The van der Waals surface area contributed by atoms with E-state index in [2.05, 4.69) is 21.0 Å². The van der Waals surface area contributed by atoms with Crippen LogP contribution in [0.3, 0.4) is 0 Å². The van der Waals surface area contributed by atoms with Crippen LogP contribution in [-0.4, -0.2) is 21.5 Å². The minimum atomic E-state index is 0.271. The zero-order chi connectivity index (χ0) is 11.2. The Hall–Kier alpha value is -1.68. The zero-order valence-corrected chi connectivity index (χ0v) is 9.13. The summed E-state index contributed by atoms with van der Waals surface area (Å²) in [6.45, 7) is 0.706. The van der Waals surface area contributed by atoms with Crippen LogP contribution in [0.4, 0.5) is 0 Å². The molecule has 0 bridgehead atoms. The monoisotopic (exact) mass is 216 g/mol. The minimum absolute atomic E-state index is 0.271. The quantitative estimate of drug-likeness (QED) is 0.799. The Balaban J connectivity index is 2.21. The van der Waals surface area contributed by atoms with E-state index in [0.29, 0.717) is 6.54 Å². The average molecular weight is 216 g/mol. The summed E-state index contributed by atoms with van der Waals surface area (Å²) >= 11 is 0. The SMILES string of the molecule is NCCCC(c1cccnc1)c1ncc[nH]1. The summed E-state index contributed by atoms with van der Waals surface area (Å²) in [5.74, 6) is 1.26. The summed E-state index contributed by atoms with van der Waals surface area (Å²) in [6.07, 6.45) is 9.29. The van der Waals surface area contributed by atoms with E-state index < -0.39 is 0 Å². The smallest absolute Gasteiger partial charge is 0.113 e. The van der Waals surface area contributed by atoms with Crippen LogP contribution >= 0.6 is 0 Å². The van der Waals surface area contributed by atoms with Gasteiger partial charge in [0.15, 0.2) is 0 Å². The lowest BCUT2D eigenvalue weighted by molar-refractivity contribution is 0.641. The molecule has 0 amide bonds. The van der Waals surface area contributed by atoms with Crippen LogP contribution in [0.1, 0.15) is 30.1 Å². The van der Waals surface area contributed by atoms with Crippen molar-refractivity contribution in [1.29, 1.82) is 0 Å². The summed E-state index contributed by atoms with van der Waals surface area (Å²) in [6, 6.07) is 4.03. The van der Waals surface area contributed by atoms with Crippen molar-refractivity contribution in [2.75, 3.05) is 6.54 Å². The standard InChI is InChI=1S/C12H16N4/c13-5-1-4-11(12-15-7-8-16-12)10-3-2-6-14-9-10/h2-3,6-9,11H,1,4-5,13H2,(H,15,16). The van der Waals surface area contributed by atoms with Gasteiger partial charge in [-0.05, 0) is 31.0 Å². The number of imidazole rings is 1. The van der Waals surface area contributed by atoms with Crippen molar-refractivity contribution < 1.29 is 0 Å². The molecule has 0 spiro atoms. The second-order valence-corrected chi connectivity index (χ2v) is 3.74. The Morgan fingerprint density at radius 1 is 1.38 bits per heavy atom. The normalized spacial score (nSPS) is 12.6. The van der Waals surface area contributed by atoms with E-state index in [-0.39, 0.29) is 5.92 Å². The maximum atomic E-state index is 5.56. The number of nitrogens with two attached hydrogens (primary N) is 1. The molecule has 16 heavy (non-hydrogen) atoms. The summed E-state index contributed by atoms with van der Waals surface area (Å²) < 4.78 is 0. The van der Waals surface area contributed by atoms with E-state index in [1.54, 1.807) is 12.4 Å². The molecule has 4 nitrogen and oxygen atoms in total. The Kier molecular flexibility index (Phi) is 3.66. The molecule has 2 heterocycles. The molecule has 2 rings (SSSR count). The summed E-state index contributed by atoms with van der Waals surface area (Å²) in [4.78, 5) is 11.6. The number of H-pyrrole nitrogens is 1. The number of hydrogen-bond donors (Lipinski definition) is 2. The van der Waals surface area contributed by atoms with Gasteiger partial charge in [0.05, 0.1) is 0 Å². The first-order chi connectivity index (χ1) is 7.92. The molecule has 0 fully saturated rings. The van der Waals surface area contributed by atoms with E-state index in [9.17, 15) is 0 Å². The van der Waals surface area contributed by atoms with Gasteiger partial charge in [-0.25, -0.2) is 4.98 Å². The highest BCUT2D eigenvalue weighted by molar-refractivity contribution is 5.22. The van der Waals surface area contributed by atoms with Gasteiger partial charge in [0.1, 0.15) is 5.82 Å². The molecule has 84 valence electrons. The molecular formula is C12H16N4. The van der Waals surface area contributed by atoms with Crippen molar-refractivity contribution >= 4 is 0 Å². The van der Waals surface area contributed by atoms with E-state index in [1.165, 1.54) is 5.56 Å². The average Bonchev–Trinajstić information content (AvgIpc) is 2.85. The third-order valence-electron chi connectivity index (χ3n) is 2.63. The number of aromatic nitrogens is 3. The van der Waals surface area contributed by atoms with Gasteiger partial charge >= 0.3 is 0 Å². The highest BCUT2D eigenvalue weighted by atomic mass is 14.9. The predicted octanol–water partition coefficient (Wildman–Crippen LogP) is 1.68. The highest BCUT2D eigenvalue weighted by Crippen LogP contribution is 2.25. The van der Waals surface area contributed by atoms with Gasteiger partial charge in [-0.15, -0.1) is 0 Å². The molecule has 0 saturated carbocycles. The molecule has 0 saturated heterocycles. The fraction of sp³-hybridized carbons (Fsp3) is 0.333. The lowest BCUT2D eigenvalue weighted by Gasteiger charge is -2.13. The minimum Gasteiger partial charge on any atom is -0.348 e. The molecule has 3 N–H and O–H groups in total. The van der Waals surface area contributed by atoms with E-state index in [0.717, 1.165) is 18.7 Å². The van der Waals surface area contributed by atoms with Crippen molar-refractivity contribution in [2.45, 2.75) is 18.8 Å². The van der Waals surface area contributed by atoms with Crippen molar-refractivity contribution in [1.82, 2.24) is 15.0 Å². The first kappa shape index (κ1) is 10.8. The Morgan fingerprint density at radius 3 is 2.94 bits per heavy atom. The van der Waals surface area contributed by atoms with Crippen molar-refractivity contribution in [3.05, 3.63) is 48.3 Å². The second-order valence-electron chi connectivity index (χ2n) is 3.74. The lowest BCUT2D eigenvalue weighted by Crippen LogP contribution is -2.07. The molecule has 2 aromatic heterocycles. The fourth-order valence-electron chi connectivity index (χ4n) is 1.83. The van der Waals surface area contributed by atoms with E-state index in [4.69, 9.17) is 5.73 Å². The Labute approximate surface area is 94.9 Å². The molecule has 0 aliphatic rings. The van der Waals surface area contributed by atoms with Crippen LogP contribution < -0.4 is 5.73 Å². The van der Waals surface area contributed by atoms with Crippen LogP contribution in [0, 0.1) is 0 Å². The van der Waals surface area contributed by atoms with Gasteiger partial charge in [-0.2, -0.15) is 0 Å². The maximum absolute atomic E-state index is 5.56. The van der Waals surface area contributed by atoms with Crippen LogP contribution in [-0.2, 0) is 0 Å². The fourth-order valence-corrected chi connectivity index (χ4v) is 1.83. The second kappa shape index (κ2) is 5.42. The van der Waals surface area contributed by atoms with E-state index >= 15 is 0 Å². The Morgan fingerprint density at radius 2 is 2.31 bits per heavy atom. The first-order valence-electron chi connectivity index (χ1n) is 5.51. The summed E-state index contributed by atoms with van der Waals surface area (Å²) in [7, 11) is 0. The number of nitrogens with zero attached hydrogens (tertiary/aromatic N) is 2. The van der Waals surface area contributed by atoms with Gasteiger partial charge in [-0.1, -0.05) is 6.07 Å². The molecule has 0 aliphatic heterocycles. The molecular weight excluding hydrogens is 200 g/mol. The number of nitrogens with one attached hydrogen (secondary N) is 1. The molecule has 0 aromatic carbocycles. The maximum Gasteiger partial charge on any atom is 0.113 e. The predicted molar refractivity (Wildman–Crippen MR) is 63.0 cm³/mol. The number of pyridine rings is 1. The van der Waals surface area contributed by atoms with Crippen molar-refractivity contribution in [3.8, 4) is 0 Å². The molecule has 0 radical (unpaired) electrons. The van der Waals surface area contributed by atoms with Gasteiger partial charge in [0.2, 0.25) is 0 Å². The van der Waals surface area contributed by atoms with Crippen LogP contribution in [0.5, 0.6) is 0 Å². The largest absolute Gasteiger partial charge is 0.348 e. The van der Waals surface area contributed by atoms with Crippen LogP contribution in [0.15, 0.2) is 36.9 Å². The molecule has 1 unspecified atom stereocenters. The highest BCUT2D eigenvalue weighted by Gasteiger charge is 2.15. The summed E-state index contributed by atoms with van der Waals surface area (Å²) in [5.41, 5.74) is 6.75. The van der Waals surface area contributed by atoms with Gasteiger partial charge in [0.25, 0.3) is 0 Å². The van der Waals surface area contributed by atoms with Crippen LogP contribution in [0.25, 0.3) is 0 Å². The molecule has 0 aliphatic carbocycles.